The molecule has 0 saturated carbocycles. The molecule has 1 amide bonds. The number of nitrogens with one attached hydrogen (secondary N) is 1. The molecule has 1 atom stereocenters. The van der Waals surface area contributed by atoms with Crippen LogP contribution in [0.4, 0.5) is 0 Å². The van der Waals surface area contributed by atoms with E-state index in [-0.39, 0.29) is 5.91 Å². The summed E-state index contributed by atoms with van der Waals surface area (Å²) in [5.41, 5.74) is 0.366. The molecule has 0 aliphatic carbocycles. The lowest BCUT2D eigenvalue weighted by molar-refractivity contribution is -0.120. The summed E-state index contributed by atoms with van der Waals surface area (Å²) in [4.78, 5) is 13.8. The van der Waals surface area contributed by atoms with E-state index in [2.05, 4.69) is 31.0 Å². The van der Waals surface area contributed by atoms with Crippen LogP contribution in [0.25, 0.3) is 0 Å². The van der Waals surface area contributed by atoms with Gasteiger partial charge in [0.15, 0.2) is 0 Å². The molecule has 0 aromatic rings. The molecule has 1 heterocycles. The number of carbonyl (C=O) groups is 1. The van der Waals surface area contributed by atoms with E-state index in [0.29, 0.717) is 11.6 Å². The van der Waals surface area contributed by atoms with Crippen molar-refractivity contribution in [2.24, 2.45) is 0 Å². The molecular weight excluding hydrogens is 248 g/mol. The Bertz CT molecular complexity index is 285. The molecule has 20 heavy (non-hydrogen) atoms. The zero-order valence-corrected chi connectivity index (χ0v) is 14.0. The highest BCUT2D eigenvalue weighted by atomic mass is 16.1. The van der Waals surface area contributed by atoms with E-state index in [9.17, 15) is 4.79 Å². The van der Waals surface area contributed by atoms with Gasteiger partial charge in [-0.15, -0.1) is 0 Å². The Morgan fingerprint density at radius 1 is 1.15 bits per heavy atom. The Hall–Kier alpha value is -0.570. The molecule has 1 unspecified atom stereocenters. The third kappa shape index (κ3) is 5.43. The quantitative estimate of drug-likeness (QED) is 0.688. The predicted molar refractivity (Wildman–Crippen MR) is 85.9 cm³/mol. The lowest BCUT2D eigenvalue weighted by atomic mass is 9.85. The Morgan fingerprint density at radius 2 is 1.80 bits per heavy atom. The van der Waals surface area contributed by atoms with Gasteiger partial charge in [0.25, 0.3) is 0 Å². The van der Waals surface area contributed by atoms with Crippen LogP contribution in [0.5, 0.6) is 0 Å². The summed E-state index contributed by atoms with van der Waals surface area (Å²) in [6.45, 7) is 10.9. The predicted octanol–water partition coefficient (Wildman–Crippen LogP) is 3.73. The van der Waals surface area contributed by atoms with E-state index in [0.717, 1.165) is 25.9 Å². The summed E-state index contributed by atoms with van der Waals surface area (Å²) in [6, 6.07) is 0.394. The summed E-state index contributed by atoms with van der Waals surface area (Å²) < 4.78 is 0. The van der Waals surface area contributed by atoms with Gasteiger partial charge in [0.2, 0.25) is 5.91 Å². The minimum Gasteiger partial charge on any atom is -0.354 e. The van der Waals surface area contributed by atoms with Gasteiger partial charge in [-0.3, -0.25) is 9.69 Å². The highest BCUT2D eigenvalue weighted by molar-refractivity contribution is 5.73. The van der Waals surface area contributed by atoms with Crippen molar-refractivity contribution in [1.29, 1.82) is 0 Å². The monoisotopic (exact) mass is 282 g/mol. The van der Waals surface area contributed by atoms with E-state index >= 15 is 0 Å². The average Bonchev–Trinajstić information content (AvgIpc) is 2.39. The van der Waals surface area contributed by atoms with Crippen molar-refractivity contribution < 1.29 is 4.79 Å². The van der Waals surface area contributed by atoms with E-state index in [4.69, 9.17) is 0 Å². The molecule has 1 saturated heterocycles. The summed E-state index contributed by atoms with van der Waals surface area (Å²) >= 11 is 0. The lowest BCUT2D eigenvalue weighted by Crippen LogP contribution is -2.53. The Morgan fingerprint density at radius 3 is 2.30 bits per heavy atom. The largest absolute Gasteiger partial charge is 0.354 e. The van der Waals surface area contributed by atoms with E-state index in [1.807, 2.05) is 0 Å². The zero-order valence-electron chi connectivity index (χ0n) is 14.0. The summed E-state index contributed by atoms with van der Waals surface area (Å²) in [6.07, 6.45) is 10.1. The maximum atomic E-state index is 11.1. The molecule has 3 nitrogen and oxygen atoms in total. The van der Waals surface area contributed by atoms with Gasteiger partial charge in [-0.2, -0.15) is 0 Å². The fourth-order valence-corrected chi connectivity index (χ4v) is 3.59. The first kappa shape index (κ1) is 17.5. The van der Waals surface area contributed by atoms with Gasteiger partial charge in [0, 0.05) is 31.6 Å². The summed E-state index contributed by atoms with van der Waals surface area (Å²) in [7, 11) is 0. The number of likely N-dealkylation sites (tertiary alicyclic amines) is 1. The van der Waals surface area contributed by atoms with Gasteiger partial charge in [-0.25, -0.2) is 0 Å². The van der Waals surface area contributed by atoms with Crippen LogP contribution in [-0.2, 0) is 4.79 Å². The van der Waals surface area contributed by atoms with Gasteiger partial charge in [0.05, 0.1) is 0 Å². The van der Waals surface area contributed by atoms with Crippen LogP contribution in [-0.4, -0.2) is 35.5 Å². The molecular formula is C17H34N2O. The molecule has 0 aromatic carbocycles. The molecule has 0 spiro atoms. The first-order valence-electron chi connectivity index (χ1n) is 8.54. The molecule has 0 bridgehead atoms. The second-order valence-electron chi connectivity index (χ2n) is 6.67. The SMILES string of the molecule is CCCCCC(C)(CCC)N1CCC(NC(C)=O)CC1. The number of rotatable bonds is 8. The van der Waals surface area contributed by atoms with Crippen molar-refractivity contribution >= 4 is 5.91 Å². The molecule has 0 aromatic heterocycles. The molecule has 1 rings (SSSR count). The number of amides is 1. The van der Waals surface area contributed by atoms with Gasteiger partial charge in [0.1, 0.15) is 0 Å². The number of hydrogen-bond acceptors (Lipinski definition) is 2. The second kappa shape index (κ2) is 8.66. The van der Waals surface area contributed by atoms with Crippen molar-refractivity contribution in [3.63, 3.8) is 0 Å². The smallest absolute Gasteiger partial charge is 0.217 e. The number of nitrogens with zero attached hydrogens (tertiary/aromatic N) is 1. The Labute approximate surface area is 125 Å². The van der Waals surface area contributed by atoms with Gasteiger partial charge >= 0.3 is 0 Å². The molecule has 0 radical (unpaired) electrons. The molecule has 1 aliphatic heterocycles. The van der Waals surface area contributed by atoms with Crippen LogP contribution in [0.2, 0.25) is 0 Å². The van der Waals surface area contributed by atoms with E-state index in [1.54, 1.807) is 6.92 Å². The van der Waals surface area contributed by atoms with E-state index in [1.165, 1.54) is 38.5 Å². The molecule has 3 heteroatoms. The number of piperidine rings is 1. The third-order valence-electron chi connectivity index (χ3n) is 4.77. The Kier molecular flexibility index (Phi) is 7.57. The summed E-state index contributed by atoms with van der Waals surface area (Å²) in [5, 5.41) is 3.07. The van der Waals surface area contributed by atoms with Crippen molar-refractivity contribution in [2.45, 2.75) is 90.6 Å². The average molecular weight is 282 g/mol. The standard InChI is InChI=1S/C17H34N2O/c1-5-7-8-12-17(4,11-6-2)19-13-9-16(10-14-19)18-15(3)20/h16H,5-14H2,1-4H3,(H,18,20). The number of unbranched alkanes of at least 4 members (excludes halogenated alkanes) is 2. The topological polar surface area (TPSA) is 32.3 Å². The van der Waals surface area contributed by atoms with E-state index < -0.39 is 0 Å². The zero-order chi connectivity index (χ0) is 15.0. The number of carbonyl (C=O) groups excluding carboxylic acids is 1. The van der Waals surface area contributed by atoms with Crippen molar-refractivity contribution in [3.8, 4) is 0 Å². The highest BCUT2D eigenvalue weighted by Gasteiger charge is 2.33. The third-order valence-corrected chi connectivity index (χ3v) is 4.77. The van der Waals surface area contributed by atoms with Crippen LogP contribution in [0.3, 0.4) is 0 Å². The second-order valence-corrected chi connectivity index (χ2v) is 6.67. The van der Waals surface area contributed by atoms with Crippen molar-refractivity contribution in [3.05, 3.63) is 0 Å². The van der Waals surface area contributed by atoms with Crippen LogP contribution in [0, 0.1) is 0 Å². The first-order valence-corrected chi connectivity index (χ1v) is 8.54. The van der Waals surface area contributed by atoms with Crippen LogP contribution < -0.4 is 5.32 Å². The van der Waals surface area contributed by atoms with Crippen molar-refractivity contribution in [1.82, 2.24) is 10.2 Å². The highest BCUT2D eigenvalue weighted by Crippen LogP contribution is 2.30. The molecule has 1 aliphatic rings. The van der Waals surface area contributed by atoms with Crippen LogP contribution in [0.15, 0.2) is 0 Å². The minimum absolute atomic E-state index is 0.114. The maximum absolute atomic E-state index is 11.1. The van der Waals surface area contributed by atoms with Gasteiger partial charge in [-0.05, 0) is 32.6 Å². The van der Waals surface area contributed by atoms with Crippen LogP contribution >= 0.6 is 0 Å². The molecule has 1 N–H and O–H groups in total. The molecule has 118 valence electrons. The fraction of sp³-hybridized carbons (Fsp3) is 0.941. The minimum atomic E-state index is 0.114. The number of hydrogen-bond donors (Lipinski definition) is 1. The summed E-state index contributed by atoms with van der Waals surface area (Å²) in [5.74, 6) is 0.114. The first-order chi connectivity index (χ1) is 9.51. The molecule has 1 fully saturated rings. The maximum Gasteiger partial charge on any atom is 0.217 e. The van der Waals surface area contributed by atoms with Crippen molar-refractivity contribution in [2.75, 3.05) is 13.1 Å². The Balaban J connectivity index is 2.49. The van der Waals surface area contributed by atoms with Gasteiger partial charge < -0.3 is 5.32 Å². The van der Waals surface area contributed by atoms with Crippen LogP contribution in [0.1, 0.15) is 79.1 Å². The lowest BCUT2D eigenvalue weighted by Gasteiger charge is -2.45. The normalized spacial score (nSPS) is 20.6. The fourth-order valence-electron chi connectivity index (χ4n) is 3.59. The van der Waals surface area contributed by atoms with Gasteiger partial charge in [-0.1, -0.05) is 39.5 Å².